The van der Waals surface area contributed by atoms with E-state index in [1.807, 2.05) is 45.0 Å². The van der Waals surface area contributed by atoms with Gasteiger partial charge in [0.05, 0.1) is 13.1 Å². The van der Waals surface area contributed by atoms with Crippen molar-refractivity contribution in [2.75, 3.05) is 46.9 Å². The first-order chi connectivity index (χ1) is 30.7. The number of carbonyl (C=O) groups excluding carboxylic acids is 6. The molecule has 0 spiro atoms. The summed E-state index contributed by atoms with van der Waals surface area (Å²) in [5.74, 6) is -2.39. The van der Waals surface area contributed by atoms with Crippen molar-refractivity contribution in [3.05, 3.63) is 82.9 Å². The lowest BCUT2D eigenvalue weighted by Crippen LogP contribution is -2.49. The van der Waals surface area contributed by atoms with E-state index in [2.05, 4.69) is 49.0 Å². The molecule has 1 aliphatic carbocycles. The molecule has 1 saturated heterocycles. The first-order valence-electron chi connectivity index (χ1n) is 23.8. The topological polar surface area (TPSA) is 177 Å². The van der Waals surface area contributed by atoms with Crippen LogP contribution in [0.4, 0.5) is 0 Å². The average molecular weight is 893 g/mol. The summed E-state index contributed by atoms with van der Waals surface area (Å²) in [7, 11) is 3.19. The van der Waals surface area contributed by atoms with Gasteiger partial charge in [-0.3, -0.25) is 28.8 Å². The molecule has 2 aromatic carbocycles. The van der Waals surface area contributed by atoms with Gasteiger partial charge in [0.15, 0.2) is 0 Å². The van der Waals surface area contributed by atoms with Crippen LogP contribution in [0.2, 0.25) is 0 Å². The fraction of sp³-hybridized carbons (Fsp3) is 0.608. The molecule has 64 heavy (non-hydrogen) atoms. The van der Waals surface area contributed by atoms with Gasteiger partial charge in [-0.1, -0.05) is 166 Å². The number of likely N-dealkylation sites (N-methyl/N-ethyl adjacent to an activating group) is 1. The van der Waals surface area contributed by atoms with E-state index >= 15 is 0 Å². The SMILES string of the molecule is C1CCCCC1.CC/C=C(\CNC(=O)C1CCCN1C(=O)CNC(=O)CCc1cccc(C)c1)C(=O)NCC(=O)NC(C(=O)N(C)C)c1ccccc1.CCC.CCCC.CCCO. The minimum atomic E-state index is -0.912. The quantitative estimate of drug-likeness (QED) is 0.102. The molecule has 13 heteroatoms. The number of amides is 6. The summed E-state index contributed by atoms with van der Waals surface area (Å²) < 4.78 is 0. The Balaban J connectivity index is 0.00000196. The Kier molecular flexibility index (Phi) is 34.4. The van der Waals surface area contributed by atoms with E-state index in [0.717, 1.165) is 17.5 Å². The summed E-state index contributed by atoms with van der Waals surface area (Å²) in [5.41, 5.74) is 3.03. The van der Waals surface area contributed by atoms with Gasteiger partial charge in [-0.15, -0.1) is 0 Å². The van der Waals surface area contributed by atoms with E-state index in [4.69, 9.17) is 5.11 Å². The number of aliphatic hydroxyl groups excluding tert-OH is 1. The van der Waals surface area contributed by atoms with E-state index < -0.39 is 29.8 Å². The molecule has 5 N–H and O–H groups in total. The number of nitrogens with one attached hydrogen (secondary N) is 4. The number of hydrogen-bond acceptors (Lipinski definition) is 7. The Morgan fingerprint density at radius 1 is 0.750 bits per heavy atom. The van der Waals surface area contributed by atoms with Crippen LogP contribution in [0.1, 0.15) is 154 Å². The second-order valence-corrected chi connectivity index (χ2v) is 16.2. The molecule has 2 unspecified atom stereocenters. The maximum Gasteiger partial charge on any atom is 0.249 e. The van der Waals surface area contributed by atoms with E-state index in [1.165, 1.54) is 67.6 Å². The molecule has 0 aromatic heterocycles. The van der Waals surface area contributed by atoms with Crippen LogP contribution in [0.15, 0.2) is 66.2 Å². The highest BCUT2D eigenvalue weighted by Crippen LogP contribution is 2.18. The third-order valence-electron chi connectivity index (χ3n) is 9.99. The van der Waals surface area contributed by atoms with Crippen LogP contribution in [0.5, 0.6) is 0 Å². The van der Waals surface area contributed by atoms with Crippen LogP contribution < -0.4 is 21.3 Å². The van der Waals surface area contributed by atoms with Gasteiger partial charge in [-0.05, 0) is 50.2 Å². The van der Waals surface area contributed by atoms with E-state index in [9.17, 15) is 28.8 Å². The monoisotopic (exact) mass is 893 g/mol. The van der Waals surface area contributed by atoms with Crippen LogP contribution >= 0.6 is 0 Å². The van der Waals surface area contributed by atoms with Crippen molar-refractivity contribution >= 4 is 35.4 Å². The zero-order chi connectivity index (χ0) is 48.1. The molecule has 4 rings (SSSR count). The van der Waals surface area contributed by atoms with E-state index in [0.29, 0.717) is 44.4 Å². The molecule has 1 saturated carbocycles. The van der Waals surface area contributed by atoms with Crippen molar-refractivity contribution in [1.29, 1.82) is 0 Å². The average Bonchev–Trinajstić information content (AvgIpc) is 3.82. The number of benzene rings is 2. The molecule has 13 nitrogen and oxygen atoms in total. The highest BCUT2D eigenvalue weighted by Gasteiger charge is 2.34. The number of likely N-dealkylation sites (tertiary alicyclic amines) is 1. The maximum absolute atomic E-state index is 13.1. The highest BCUT2D eigenvalue weighted by atomic mass is 16.3. The number of rotatable bonds is 17. The summed E-state index contributed by atoms with van der Waals surface area (Å²) in [6, 6.07) is 15.1. The Morgan fingerprint density at radius 2 is 1.34 bits per heavy atom. The minimum absolute atomic E-state index is 0.0971. The molecule has 1 heterocycles. The molecule has 1 aliphatic heterocycles. The van der Waals surface area contributed by atoms with Crippen LogP contribution in [-0.2, 0) is 35.2 Å². The Hall–Kier alpha value is -5.04. The fourth-order valence-corrected chi connectivity index (χ4v) is 6.36. The number of carbonyl (C=O) groups is 6. The molecule has 2 aromatic rings. The highest BCUT2D eigenvalue weighted by molar-refractivity contribution is 5.98. The number of unbranched alkanes of at least 4 members (excludes halogenated alkanes) is 1. The van der Waals surface area contributed by atoms with Gasteiger partial charge in [0.2, 0.25) is 35.4 Å². The van der Waals surface area contributed by atoms with Crippen LogP contribution in [-0.4, -0.2) is 103 Å². The van der Waals surface area contributed by atoms with Crippen molar-refractivity contribution in [1.82, 2.24) is 31.1 Å². The van der Waals surface area contributed by atoms with Crippen molar-refractivity contribution in [3.8, 4) is 0 Å². The molecule has 360 valence electrons. The predicted molar refractivity (Wildman–Crippen MR) is 259 cm³/mol. The summed E-state index contributed by atoms with van der Waals surface area (Å²) >= 11 is 0. The Labute approximate surface area is 386 Å². The van der Waals surface area contributed by atoms with Crippen molar-refractivity contribution in [2.45, 2.75) is 157 Å². The van der Waals surface area contributed by atoms with Gasteiger partial charge < -0.3 is 36.2 Å². The number of hydrogen-bond donors (Lipinski definition) is 5. The van der Waals surface area contributed by atoms with Crippen molar-refractivity contribution < 1.29 is 33.9 Å². The molecule has 2 fully saturated rings. The number of aryl methyl sites for hydroxylation is 2. The van der Waals surface area contributed by atoms with Gasteiger partial charge in [0.25, 0.3) is 0 Å². The molecular formula is C51H84N6O7. The normalized spacial score (nSPS) is 14.4. The number of allylic oxidation sites excluding steroid dienone is 1. The standard InChI is InChI=1S/C35H46N6O6.C6H12.C4H10.C3H8O.C3H8/c1-5-11-27(33(45)38-22-30(43)39-32(35(47)40(3)4)26-14-7-6-8-15-26)21-37-34(46)28-16-10-19-41(28)31(44)23-36-29(42)18-17-25-13-9-12-24(2)20-25;1-2-4-6-5-3-1;1-3-4-2;1-2-3-4;1-3-2/h6-9,11-15,20,28,32H,5,10,16-19,21-23H2,1-4H3,(H,36,42)(H,37,46)(H,38,45)(H,39,43);1-6H2;3-4H2,1-2H3;4H,2-3H2,1H3;3H2,1-2H3/b27-11+;;;;. The lowest BCUT2D eigenvalue weighted by molar-refractivity contribution is -0.138. The first-order valence-corrected chi connectivity index (χ1v) is 23.8. The van der Waals surface area contributed by atoms with Gasteiger partial charge >= 0.3 is 0 Å². The first kappa shape index (κ1) is 59.0. The predicted octanol–water partition coefficient (Wildman–Crippen LogP) is 7.50. The molecule has 2 aliphatic rings. The van der Waals surface area contributed by atoms with Gasteiger partial charge in [-0.25, -0.2) is 0 Å². The van der Waals surface area contributed by atoms with Crippen LogP contribution in [0, 0.1) is 6.92 Å². The van der Waals surface area contributed by atoms with Gasteiger partial charge in [-0.2, -0.15) is 0 Å². The van der Waals surface area contributed by atoms with Gasteiger partial charge in [0, 0.05) is 45.8 Å². The third kappa shape index (κ3) is 26.6. The summed E-state index contributed by atoms with van der Waals surface area (Å²) in [6.45, 7) is 14.4. The Morgan fingerprint density at radius 3 is 1.86 bits per heavy atom. The van der Waals surface area contributed by atoms with Crippen molar-refractivity contribution in [3.63, 3.8) is 0 Å². The summed E-state index contributed by atoms with van der Waals surface area (Å²) in [4.78, 5) is 79.6. The molecular weight excluding hydrogens is 809 g/mol. The largest absolute Gasteiger partial charge is 0.396 e. The zero-order valence-electron chi connectivity index (χ0n) is 40.9. The molecule has 0 bridgehead atoms. The van der Waals surface area contributed by atoms with Crippen molar-refractivity contribution in [2.24, 2.45) is 0 Å². The second kappa shape index (κ2) is 37.3. The van der Waals surface area contributed by atoms with Crippen LogP contribution in [0.3, 0.4) is 0 Å². The molecule has 0 radical (unpaired) electrons. The fourth-order valence-electron chi connectivity index (χ4n) is 6.36. The lowest BCUT2D eigenvalue weighted by Gasteiger charge is -2.24. The maximum atomic E-state index is 13.1. The second-order valence-electron chi connectivity index (χ2n) is 16.2. The van der Waals surface area contributed by atoms with Gasteiger partial charge in [0.1, 0.15) is 12.1 Å². The summed E-state index contributed by atoms with van der Waals surface area (Å²) in [6.07, 6.45) is 17.8. The summed E-state index contributed by atoms with van der Waals surface area (Å²) in [5, 5.41) is 18.5. The zero-order valence-corrected chi connectivity index (χ0v) is 40.9. The number of aliphatic hydroxyl groups is 1. The smallest absolute Gasteiger partial charge is 0.249 e. The third-order valence-corrected chi connectivity index (χ3v) is 9.99. The minimum Gasteiger partial charge on any atom is -0.396 e. The molecule has 2 atom stereocenters. The molecule has 6 amide bonds. The number of nitrogens with zero attached hydrogens (tertiary/aromatic N) is 2. The lowest BCUT2D eigenvalue weighted by atomic mass is 10.0. The van der Waals surface area contributed by atoms with E-state index in [1.54, 1.807) is 50.5 Å². The van der Waals surface area contributed by atoms with E-state index in [-0.39, 0.29) is 49.3 Å². The Bertz CT molecular complexity index is 1630. The van der Waals surface area contributed by atoms with Crippen LogP contribution in [0.25, 0.3) is 0 Å².